The minimum Gasteiger partial charge on any atom is -0.480 e. The number of aliphatic carboxylic acids is 1. The van der Waals surface area contributed by atoms with Gasteiger partial charge in [-0.25, -0.2) is 4.79 Å². The van der Waals surface area contributed by atoms with Crippen molar-refractivity contribution in [1.82, 2.24) is 0 Å². The summed E-state index contributed by atoms with van der Waals surface area (Å²) in [7, 11) is 0. The van der Waals surface area contributed by atoms with Gasteiger partial charge in [0.05, 0.1) is 6.04 Å². The van der Waals surface area contributed by atoms with E-state index < -0.39 is 23.3 Å². The van der Waals surface area contributed by atoms with E-state index in [1.807, 2.05) is 13.8 Å². The maximum absolute atomic E-state index is 11.5. The average Bonchev–Trinajstić information content (AvgIpc) is 2.01. The smallest absolute Gasteiger partial charge is 0.331 e. The lowest BCUT2D eigenvalue weighted by Gasteiger charge is -2.22. The fourth-order valence-corrected chi connectivity index (χ4v) is 1.11. The Labute approximate surface area is 83.5 Å². The van der Waals surface area contributed by atoms with E-state index in [0.717, 1.165) is 6.92 Å². The van der Waals surface area contributed by atoms with Gasteiger partial charge in [-0.2, -0.15) is 0 Å². The molecule has 0 fully saturated rings. The molecule has 0 bridgehead atoms. The summed E-state index contributed by atoms with van der Waals surface area (Å²) in [5, 5.41) is 8.69. The Morgan fingerprint density at radius 2 is 1.86 bits per heavy atom. The zero-order valence-corrected chi connectivity index (χ0v) is 8.78. The minimum atomic E-state index is -1.88. The van der Waals surface area contributed by atoms with Crippen LogP contribution in [0.25, 0.3) is 0 Å². The molecule has 2 atom stereocenters. The highest BCUT2D eigenvalue weighted by molar-refractivity contribution is 6.09. The molecule has 5 nitrogen and oxygen atoms in total. The van der Waals surface area contributed by atoms with Gasteiger partial charge >= 0.3 is 5.97 Å². The SMILES string of the molecule is CC(C)C[C@H](N)C(=O)[C@@](C)(N)C(=O)O. The molecule has 0 aromatic rings. The van der Waals surface area contributed by atoms with Gasteiger partial charge in [-0.1, -0.05) is 13.8 Å². The maximum Gasteiger partial charge on any atom is 0.331 e. The highest BCUT2D eigenvalue weighted by Crippen LogP contribution is 2.10. The van der Waals surface area contributed by atoms with Crippen LogP contribution in [0.3, 0.4) is 0 Å². The van der Waals surface area contributed by atoms with Crippen molar-refractivity contribution in [1.29, 1.82) is 0 Å². The number of carboxylic acid groups (broad SMARTS) is 1. The summed E-state index contributed by atoms with van der Waals surface area (Å²) < 4.78 is 0. The van der Waals surface area contributed by atoms with Crippen LogP contribution in [0.2, 0.25) is 0 Å². The predicted octanol–water partition coefficient (Wildman–Crippen LogP) is -0.269. The molecule has 0 aliphatic heterocycles. The van der Waals surface area contributed by atoms with Crippen molar-refractivity contribution < 1.29 is 14.7 Å². The summed E-state index contributed by atoms with van der Waals surface area (Å²) in [6.45, 7) is 4.97. The van der Waals surface area contributed by atoms with E-state index in [1.54, 1.807) is 0 Å². The molecule has 0 aromatic heterocycles. The summed E-state index contributed by atoms with van der Waals surface area (Å²) >= 11 is 0. The summed E-state index contributed by atoms with van der Waals surface area (Å²) in [6, 6.07) is -0.805. The first kappa shape index (κ1) is 13.1. The van der Waals surface area contributed by atoms with E-state index in [1.165, 1.54) is 0 Å². The van der Waals surface area contributed by atoms with Gasteiger partial charge in [-0.05, 0) is 19.3 Å². The Balaban J connectivity index is 4.53. The number of ketones is 1. The van der Waals surface area contributed by atoms with Gasteiger partial charge in [0.25, 0.3) is 0 Å². The fourth-order valence-electron chi connectivity index (χ4n) is 1.11. The average molecular weight is 202 g/mol. The summed E-state index contributed by atoms with van der Waals surface area (Å²) in [5.74, 6) is -1.74. The second-order valence-corrected chi connectivity index (χ2v) is 4.11. The number of hydrogen-bond donors (Lipinski definition) is 3. The molecule has 0 rings (SSSR count). The number of nitrogens with two attached hydrogens (primary N) is 2. The van der Waals surface area contributed by atoms with Crippen molar-refractivity contribution in [3.63, 3.8) is 0 Å². The number of hydrogen-bond acceptors (Lipinski definition) is 4. The van der Waals surface area contributed by atoms with Crippen LogP contribution in [0.4, 0.5) is 0 Å². The van der Waals surface area contributed by atoms with Crippen LogP contribution in [0.1, 0.15) is 27.2 Å². The molecule has 82 valence electrons. The van der Waals surface area contributed by atoms with E-state index in [2.05, 4.69) is 0 Å². The van der Waals surface area contributed by atoms with Gasteiger partial charge in [-0.15, -0.1) is 0 Å². The van der Waals surface area contributed by atoms with Crippen LogP contribution < -0.4 is 11.5 Å². The lowest BCUT2D eigenvalue weighted by atomic mass is 9.89. The van der Waals surface area contributed by atoms with Crippen LogP contribution in [0, 0.1) is 5.92 Å². The van der Waals surface area contributed by atoms with Gasteiger partial charge in [-0.3, -0.25) is 4.79 Å². The quantitative estimate of drug-likeness (QED) is 0.532. The van der Waals surface area contributed by atoms with Crippen molar-refractivity contribution in [3.8, 4) is 0 Å². The van der Waals surface area contributed by atoms with Crippen molar-refractivity contribution in [2.24, 2.45) is 17.4 Å². The number of carboxylic acids is 1. The standard InChI is InChI=1S/C9H18N2O3/c1-5(2)4-6(10)7(12)9(3,11)8(13)14/h5-6H,4,10-11H2,1-3H3,(H,13,14)/t6-,9+/m0/s1. The Morgan fingerprint density at radius 3 is 2.14 bits per heavy atom. The molecule has 0 saturated heterocycles. The largest absolute Gasteiger partial charge is 0.480 e. The number of rotatable bonds is 5. The molecular weight excluding hydrogens is 184 g/mol. The van der Waals surface area contributed by atoms with Crippen molar-refractivity contribution in [2.75, 3.05) is 0 Å². The monoisotopic (exact) mass is 202 g/mol. The van der Waals surface area contributed by atoms with E-state index in [9.17, 15) is 9.59 Å². The molecule has 0 spiro atoms. The van der Waals surface area contributed by atoms with E-state index in [4.69, 9.17) is 16.6 Å². The first-order valence-corrected chi connectivity index (χ1v) is 4.51. The molecule has 0 amide bonds. The Bertz CT molecular complexity index is 236. The molecule has 0 aliphatic carbocycles. The van der Waals surface area contributed by atoms with Gasteiger partial charge in [0.1, 0.15) is 0 Å². The molecule has 0 saturated carbocycles. The third kappa shape index (κ3) is 3.08. The molecule has 0 aromatic carbocycles. The first-order valence-electron chi connectivity index (χ1n) is 4.51. The maximum atomic E-state index is 11.5. The Morgan fingerprint density at radius 1 is 1.43 bits per heavy atom. The molecule has 5 N–H and O–H groups in total. The third-order valence-corrected chi connectivity index (χ3v) is 2.02. The summed E-state index contributed by atoms with van der Waals surface area (Å²) in [5.41, 5.74) is 9.02. The molecule has 0 unspecified atom stereocenters. The topological polar surface area (TPSA) is 106 Å². The van der Waals surface area contributed by atoms with Crippen LogP contribution in [0.15, 0.2) is 0 Å². The number of carbonyl (C=O) groups is 2. The van der Waals surface area contributed by atoms with Crippen molar-refractivity contribution in [2.45, 2.75) is 38.8 Å². The summed E-state index contributed by atoms with van der Waals surface area (Å²) in [6.07, 6.45) is 0.443. The lowest BCUT2D eigenvalue weighted by Crippen LogP contribution is -2.58. The van der Waals surface area contributed by atoms with Gasteiger partial charge in [0, 0.05) is 0 Å². The second kappa shape index (κ2) is 4.52. The van der Waals surface area contributed by atoms with Crippen LogP contribution in [-0.4, -0.2) is 28.4 Å². The van der Waals surface area contributed by atoms with E-state index in [-0.39, 0.29) is 5.92 Å². The first-order chi connectivity index (χ1) is 6.19. The molecule has 14 heavy (non-hydrogen) atoms. The normalized spacial score (nSPS) is 17.6. The zero-order valence-electron chi connectivity index (χ0n) is 8.78. The molecular formula is C9H18N2O3. The lowest BCUT2D eigenvalue weighted by molar-refractivity contribution is -0.148. The van der Waals surface area contributed by atoms with Gasteiger partial charge in [0.2, 0.25) is 0 Å². The minimum absolute atomic E-state index is 0.235. The molecule has 5 heteroatoms. The highest BCUT2D eigenvalue weighted by atomic mass is 16.4. The zero-order chi connectivity index (χ0) is 11.5. The van der Waals surface area contributed by atoms with Gasteiger partial charge in [0.15, 0.2) is 11.3 Å². The van der Waals surface area contributed by atoms with Crippen LogP contribution in [-0.2, 0) is 9.59 Å². The van der Waals surface area contributed by atoms with E-state index >= 15 is 0 Å². The van der Waals surface area contributed by atoms with Crippen molar-refractivity contribution >= 4 is 11.8 Å². The number of Topliss-reactive ketones (excluding diaryl/α,β-unsaturated/α-hetero) is 1. The van der Waals surface area contributed by atoms with E-state index in [0.29, 0.717) is 6.42 Å². The van der Waals surface area contributed by atoms with Crippen molar-refractivity contribution in [3.05, 3.63) is 0 Å². The number of carbonyl (C=O) groups excluding carboxylic acids is 1. The Kier molecular flexibility index (Phi) is 4.22. The Hall–Kier alpha value is -0.940. The fraction of sp³-hybridized carbons (Fsp3) is 0.778. The molecule has 0 aliphatic rings. The molecule has 0 radical (unpaired) electrons. The van der Waals surface area contributed by atoms with Crippen LogP contribution >= 0.6 is 0 Å². The van der Waals surface area contributed by atoms with Crippen LogP contribution in [0.5, 0.6) is 0 Å². The third-order valence-electron chi connectivity index (χ3n) is 2.02. The highest BCUT2D eigenvalue weighted by Gasteiger charge is 2.39. The summed E-state index contributed by atoms with van der Waals surface area (Å²) in [4.78, 5) is 22.2. The van der Waals surface area contributed by atoms with Gasteiger partial charge < -0.3 is 16.6 Å². The molecule has 0 heterocycles. The predicted molar refractivity (Wildman–Crippen MR) is 52.7 cm³/mol. The second-order valence-electron chi connectivity index (χ2n) is 4.11.